The van der Waals surface area contributed by atoms with Crippen LogP contribution in [0.1, 0.15) is 0 Å². The lowest BCUT2D eigenvalue weighted by Gasteiger charge is -2.27. The molecule has 0 saturated carbocycles. The zero-order chi connectivity index (χ0) is 42.4. The van der Waals surface area contributed by atoms with Gasteiger partial charge in [-0.3, -0.25) is 0 Å². The summed E-state index contributed by atoms with van der Waals surface area (Å²) in [6.07, 6.45) is 0. The molecule has 2 heterocycles. The second kappa shape index (κ2) is 16.2. The van der Waals surface area contributed by atoms with Gasteiger partial charge in [-0.25, -0.2) is 0 Å². The van der Waals surface area contributed by atoms with Crippen LogP contribution in [0.15, 0.2) is 243 Å². The molecule has 0 amide bonds. The van der Waals surface area contributed by atoms with Gasteiger partial charge in [0.25, 0.3) is 0 Å². The molecule has 302 valence electrons. The molecule has 0 bridgehead atoms. The van der Waals surface area contributed by atoms with Crippen LogP contribution in [0.3, 0.4) is 0 Å². The van der Waals surface area contributed by atoms with Crippen molar-refractivity contribution in [3.05, 3.63) is 243 Å². The smallest absolute Gasteiger partial charge is 0.0554 e. The molecule has 0 unspecified atom stereocenters. The molecule has 0 saturated heterocycles. The topological polar surface area (TPSA) is 6.48 Å². The molecular weight excluding hydrogens is 813 g/mol. The summed E-state index contributed by atoms with van der Waals surface area (Å²) in [4.78, 5) is 4.73. The molecule has 2 aromatic heterocycles. The van der Waals surface area contributed by atoms with Crippen molar-refractivity contribution in [1.82, 2.24) is 0 Å². The Morgan fingerprint density at radius 3 is 1.47 bits per heavy atom. The number of fused-ring (bicyclic) bond motifs is 6. The van der Waals surface area contributed by atoms with E-state index < -0.39 is 0 Å². The first kappa shape index (κ1) is 38.0. The van der Waals surface area contributed by atoms with Crippen molar-refractivity contribution >= 4 is 97.1 Å². The second-order valence-corrected chi connectivity index (χ2v) is 18.3. The summed E-state index contributed by atoms with van der Waals surface area (Å²) in [7, 11) is 0. The van der Waals surface area contributed by atoms with Gasteiger partial charge in [-0.2, -0.15) is 0 Å². The van der Waals surface area contributed by atoms with Gasteiger partial charge >= 0.3 is 0 Å². The molecule has 64 heavy (non-hydrogen) atoms. The number of para-hydroxylation sites is 3. The molecule has 10 aromatic carbocycles. The normalized spacial score (nSPS) is 11.4. The number of hydrogen-bond donors (Lipinski definition) is 0. The van der Waals surface area contributed by atoms with E-state index in [-0.39, 0.29) is 0 Å². The van der Waals surface area contributed by atoms with Crippen molar-refractivity contribution in [3.8, 4) is 33.4 Å². The summed E-state index contributed by atoms with van der Waals surface area (Å²) >= 11 is 3.73. The lowest BCUT2D eigenvalue weighted by molar-refractivity contribution is 1.28. The average molecular weight is 853 g/mol. The molecule has 4 heteroatoms. The number of nitrogens with zero attached hydrogens (tertiary/aromatic N) is 2. The highest BCUT2D eigenvalue weighted by Gasteiger charge is 2.20. The van der Waals surface area contributed by atoms with E-state index in [1.807, 2.05) is 22.7 Å². The van der Waals surface area contributed by atoms with Crippen molar-refractivity contribution in [2.75, 3.05) is 9.80 Å². The fraction of sp³-hybridized carbons (Fsp3) is 0. The minimum atomic E-state index is 1.11. The molecule has 0 aliphatic carbocycles. The highest BCUT2D eigenvalue weighted by molar-refractivity contribution is 7.26. The van der Waals surface area contributed by atoms with E-state index in [4.69, 9.17) is 0 Å². The number of rotatable bonds is 9. The minimum Gasteiger partial charge on any atom is -0.311 e. The highest BCUT2D eigenvalue weighted by Crippen LogP contribution is 2.47. The lowest BCUT2D eigenvalue weighted by atomic mass is 9.95. The SMILES string of the molecule is c1ccc(N(c2ccccc2)c2ccc(-c3ccc4c(c3)sc3cccc(N(c5ccccc5)c5cccc(-c6cccc(-c7cccc8sc9ccccc9c78)c6)c5)c34)cc2)cc1. The van der Waals surface area contributed by atoms with Crippen LogP contribution in [-0.4, -0.2) is 0 Å². The maximum Gasteiger partial charge on any atom is 0.0554 e. The largest absolute Gasteiger partial charge is 0.311 e. The molecule has 0 radical (unpaired) electrons. The predicted molar refractivity (Wildman–Crippen MR) is 278 cm³/mol. The van der Waals surface area contributed by atoms with Gasteiger partial charge in [0.2, 0.25) is 0 Å². The summed E-state index contributed by atoms with van der Waals surface area (Å²) in [5.41, 5.74) is 14.0. The van der Waals surface area contributed by atoms with Crippen molar-refractivity contribution in [1.29, 1.82) is 0 Å². The maximum atomic E-state index is 2.43. The number of thiophene rings is 2. The molecule has 0 atom stereocenters. The van der Waals surface area contributed by atoms with Crippen molar-refractivity contribution < 1.29 is 0 Å². The summed E-state index contributed by atoms with van der Waals surface area (Å²) in [6, 6.07) is 88.1. The van der Waals surface area contributed by atoms with E-state index in [1.54, 1.807) is 0 Å². The van der Waals surface area contributed by atoms with E-state index in [9.17, 15) is 0 Å². The summed E-state index contributed by atoms with van der Waals surface area (Å²) in [5, 5.41) is 5.17. The van der Waals surface area contributed by atoms with Crippen LogP contribution in [0.4, 0.5) is 34.1 Å². The van der Waals surface area contributed by atoms with Crippen LogP contribution in [0, 0.1) is 0 Å². The number of anilines is 6. The third kappa shape index (κ3) is 6.81. The standard InChI is InChI=1S/C60H40N2S2/c1-4-19-46(20-5-1)61(47-21-6-2-7-22-47)49-35-32-41(33-36-49)44-34-37-53-58(40-44)64-57-31-15-28-54(60(53)57)62(48-23-8-3-9-24-48)50-25-13-17-43(39-50)42-16-12-18-45(38-42)51-27-14-30-56-59(51)52-26-10-11-29-55(52)63-56/h1-40H. The number of hydrogen-bond acceptors (Lipinski definition) is 4. The highest BCUT2D eigenvalue weighted by atomic mass is 32.1. The third-order valence-electron chi connectivity index (χ3n) is 12.2. The molecule has 0 aliphatic rings. The summed E-state index contributed by atoms with van der Waals surface area (Å²) in [5.74, 6) is 0. The quantitative estimate of drug-likeness (QED) is 0.143. The molecule has 0 fully saturated rings. The van der Waals surface area contributed by atoms with E-state index in [0.717, 1.165) is 34.1 Å². The number of benzene rings is 10. The van der Waals surface area contributed by atoms with Crippen LogP contribution >= 0.6 is 22.7 Å². The Kier molecular flexibility index (Phi) is 9.59. The van der Waals surface area contributed by atoms with E-state index >= 15 is 0 Å². The first-order chi connectivity index (χ1) is 31.7. The summed E-state index contributed by atoms with van der Waals surface area (Å²) in [6.45, 7) is 0. The minimum absolute atomic E-state index is 1.11. The fourth-order valence-corrected chi connectivity index (χ4v) is 11.6. The van der Waals surface area contributed by atoms with Gasteiger partial charge in [0, 0.05) is 68.8 Å². The second-order valence-electron chi connectivity index (χ2n) is 16.1. The van der Waals surface area contributed by atoms with Crippen molar-refractivity contribution in [2.24, 2.45) is 0 Å². The molecule has 0 N–H and O–H groups in total. The van der Waals surface area contributed by atoms with E-state index in [2.05, 4.69) is 252 Å². The Morgan fingerprint density at radius 1 is 0.250 bits per heavy atom. The molecule has 12 rings (SSSR count). The molecule has 12 aromatic rings. The van der Waals surface area contributed by atoms with Gasteiger partial charge in [0.15, 0.2) is 0 Å². The van der Waals surface area contributed by atoms with Crippen LogP contribution < -0.4 is 9.80 Å². The fourth-order valence-electron chi connectivity index (χ4n) is 9.29. The van der Waals surface area contributed by atoms with Crippen molar-refractivity contribution in [2.45, 2.75) is 0 Å². The Labute approximate surface area is 380 Å². The zero-order valence-corrected chi connectivity index (χ0v) is 36.4. The first-order valence-corrected chi connectivity index (χ1v) is 23.3. The average Bonchev–Trinajstić information content (AvgIpc) is 3.94. The Morgan fingerprint density at radius 2 is 0.734 bits per heavy atom. The van der Waals surface area contributed by atoms with Gasteiger partial charge in [-0.15, -0.1) is 22.7 Å². The van der Waals surface area contributed by atoms with Gasteiger partial charge in [-0.05, 0) is 130 Å². The van der Waals surface area contributed by atoms with Crippen LogP contribution in [0.2, 0.25) is 0 Å². The Bertz CT molecular complexity index is 3570. The van der Waals surface area contributed by atoms with Crippen LogP contribution in [0.5, 0.6) is 0 Å². The predicted octanol–water partition coefficient (Wildman–Crippen LogP) is 18.4. The van der Waals surface area contributed by atoms with Gasteiger partial charge in [0.1, 0.15) is 0 Å². The van der Waals surface area contributed by atoms with Gasteiger partial charge in [0.05, 0.1) is 5.69 Å². The third-order valence-corrected chi connectivity index (χ3v) is 14.5. The molecular formula is C60H40N2S2. The Balaban J connectivity index is 0.920. The maximum absolute atomic E-state index is 2.43. The van der Waals surface area contributed by atoms with E-state index in [0.29, 0.717) is 0 Å². The van der Waals surface area contributed by atoms with Crippen LogP contribution in [0.25, 0.3) is 73.7 Å². The van der Waals surface area contributed by atoms with Crippen LogP contribution in [-0.2, 0) is 0 Å². The van der Waals surface area contributed by atoms with Crippen molar-refractivity contribution in [3.63, 3.8) is 0 Å². The lowest BCUT2D eigenvalue weighted by Crippen LogP contribution is -2.10. The first-order valence-electron chi connectivity index (χ1n) is 21.7. The molecule has 0 spiro atoms. The zero-order valence-electron chi connectivity index (χ0n) is 34.8. The molecule has 0 aliphatic heterocycles. The monoisotopic (exact) mass is 852 g/mol. The molecule has 2 nitrogen and oxygen atoms in total. The summed E-state index contributed by atoms with van der Waals surface area (Å²) < 4.78 is 5.18. The van der Waals surface area contributed by atoms with Gasteiger partial charge < -0.3 is 9.80 Å². The van der Waals surface area contributed by atoms with E-state index in [1.165, 1.54) is 73.7 Å². The Hall–Kier alpha value is -7.76. The van der Waals surface area contributed by atoms with Gasteiger partial charge in [-0.1, -0.05) is 146 Å².